The average Bonchev–Trinajstić information content (AvgIpc) is 3.29. The van der Waals surface area contributed by atoms with Crippen LogP contribution in [0.3, 0.4) is 0 Å². The number of aromatic nitrogens is 4. The van der Waals surface area contributed by atoms with Crippen LogP contribution in [0.5, 0.6) is 0 Å². The van der Waals surface area contributed by atoms with Crippen molar-refractivity contribution in [2.45, 2.75) is 42.6 Å². The molecule has 4 rings (SSSR count). The Bertz CT molecular complexity index is 1260. The van der Waals surface area contributed by atoms with Crippen molar-refractivity contribution >= 4 is 32.7 Å². The second-order valence-corrected chi connectivity index (χ2v) is 10.2. The lowest BCUT2D eigenvalue weighted by Crippen LogP contribution is -2.11. The van der Waals surface area contributed by atoms with Crippen molar-refractivity contribution in [3.05, 3.63) is 60.8 Å². The van der Waals surface area contributed by atoms with Gasteiger partial charge in [0, 0.05) is 28.9 Å². The Hall–Kier alpha value is -2.58. The Labute approximate surface area is 174 Å². The summed E-state index contributed by atoms with van der Waals surface area (Å²) in [5, 5.41) is 10.8. The number of thioether (sulfide) groups is 1. The first kappa shape index (κ1) is 19.7. The zero-order valence-electron chi connectivity index (χ0n) is 16.5. The van der Waals surface area contributed by atoms with Gasteiger partial charge in [0.2, 0.25) is 0 Å². The highest BCUT2D eigenvalue weighted by atomic mass is 32.2. The van der Waals surface area contributed by atoms with Crippen molar-refractivity contribution < 1.29 is 8.42 Å². The molecule has 0 spiro atoms. The largest absolute Gasteiger partial charge is 0.302 e. The van der Waals surface area contributed by atoms with E-state index in [1.165, 1.54) is 3.97 Å². The predicted molar refractivity (Wildman–Crippen MR) is 117 cm³/mol. The van der Waals surface area contributed by atoms with E-state index in [1.54, 1.807) is 48.3 Å². The summed E-state index contributed by atoms with van der Waals surface area (Å²) in [4.78, 5) is 0.250. The van der Waals surface area contributed by atoms with Gasteiger partial charge in [-0.3, -0.25) is 0 Å². The second-order valence-electron chi connectivity index (χ2n) is 6.89. The maximum absolute atomic E-state index is 13.3. The lowest BCUT2D eigenvalue weighted by molar-refractivity contribution is 0.589. The first-order valence-electron chi connectivity index (χ1n) is 9.44. The second kappa shape index (κ2) is 7.68. The highest BCUT2D eigenvalue weighted by molar-refractivity contribution is 7.99. The minimum atomic E-state index is -3.73. The van der Waals surface area contributed by atoms with Crippen LogP contribution in [0.15, 0.2) is 70.8 Å². The number of hydrogen-bond acceptors (Lipinski definition) is 5. The van der Waals surface area contributed by atoms with Crippen molar-refractivity contribution in [2.75, 3.05) is 0 Å². The molecule has 2 aromatic heterocycles. The van der Waals surface area contributed by atoms with Gasteiger partial charge in [-0.25, -0.2) is 12.4 Å². The molecule has 0 aliphatic heterocycles. The molecule has 6 nitrogen and oxygen atoms in total. The number of nitrogens with zero attached hydrogens (tertiary/aromatic N) is 4. The van der Waals surface area contributed by atoms with Gasteiger partial charge in [-0.05, 0) is 25.1 Å². The highest BCUT2D eigenvalue weighted by Crippen LogP contribution is 2.34. The van der Waals surface area contributed by atoms with E-state index < -0.39 is 10.0 Å². The third-order valence-electron chi connectivity index (χ3n) is 4.59. The van der Waals surface area contributed by atoms with E-state index in [0.29, 0.717) is 23.1 Å². The van der Waals surface area contributed by atoms with Crippen molar-refractivity contribution in [2.24, 2.45) is 0 Å². The summed E-state index contributed by atoms with van der Waals surface area (Å²) in [7, 11) is -3.73. The summed E-state index contributed by atoms with van der Waals surface area (Å²) in [6, 6.07) is 15.9. The molecule has 0 unspecified atom stereocenters. The standard InChI is InChI=1S/C21H22N4O2S2/c1-4-24-20(22-23-21(24)28-15(2)3)18-14-25(19-13-9-8-12-17(18)19)29(26,27)16-10-6-5-7-11-16/h5-15H,4H2,1-3H3. The Morgan fingerprint density at radius 1 is 1.00 bits per heavy atom. The SMILES string of the molecule is CCn1c(SC(C)C)nnc1-c1cn(S(=O)(=O)c2ccccc2)c2ccccc12. The minimum absolute atomic E-state index is 0.250. The van der Waals surface area contributed by atoms with Gasteiger partial charge < -0.3 is 4.57 Å². The summed E-state index contributed by atoms with van der Waals surface area (Å²) in [6.45, 7) is 6.95. The van der Waals surface area contributed by atoms with Crippen LogP contribution in [-0.4, -0.2) is 32.4 Å². The summed E-state index contributed by atoms with van der Waals surface area (Å²) < 4.78 is 30.0. The van der Waals surface area contributed by atoms with Crippen LogP contribution in [0.1, 0.15) is 20.8 Å². The van der Waals surface area contributed by atoms with Crippen LogP contribution >= 0.6 is 11.8 Å². The molecule has 0 bridgehead atoms. The summed E-state index contributed by atoms with van der Waals surface area (Å²) in [5.41, 5.74) is 1.38. The van der Waals surface area contributed by atoms with Crippen LogP contribution in [-0.2, 0) is 16.6 Å². The fourth-order valence-electron chi connectivity index (χ4n) is 3.30. The molecule has 0 atom stereocenters. The zero-order valence-corrected chi connectivity index (χ0v) is 18.1. The van der Waals surface area contributed by atoms with Crippen molar-refractivity contribution in [1.82, 2.24) is 18.7 Å². The lowest BCUT2D eigenvalue weighted by Gasteiger charge is -2.08. The van der Waals surface area contributed by atoms with E-state index in [2.05, 4.69) is 24.0 Å². The fourth-order valence-corrected chi connectivity index (χ4v) is 5.55. The minimum Gasteiger partial charge on any atom is -0.302 e. The van der Waals surface area contributed by atoms with Crippen LogP contribution in [0, 0.1) is 0 Å². The van der Waals surface area contributed by atoms with E-state index in [1.807, 2.05) is 35.8 Å². The number of benzene rings is 2. The van der Waals surface area contributed by atoms with E-state index in [9.17, 15) is 8.42 Å². The summed E-state index contributed by atoms with van der Waals surface area (Å²) in [6.07, 6.45) is 1.66. The van der Waals surface area contributed by atoms with Gasteiger partial charge >= 0.3 is 0 Å². The first-order chi connectivity index (χ1) is 13.9. The smallest absolute Gasteiger partial charge is 0.268 e. The molecule has 0 aliphatic rings. The molecule has 150 valence electrons. The molecular weight excluding hydrogens is 404 g/mol. The molecule has 0 fully saturated rings. The lowest BCUT2D eigenvalue weighted by atomic mass is 10.1. The molecular formula is C21H22N4O2S2. The van der Waals surface area contributed by atoms with Crippen LogP contribution < -0.4 is 0 Å². The van der Waals surface area contributed by atoms with Gasteiger partial charge in [-0.15, -0.1) is 10.2 Å². The molecule has 0 aliphatic carbocycles. The van der Waals surface area contributed by atoms with Gasteiger partial charge in [0.05, 0.1) is 10.4 Å². The number of fused-ring (bicyclic) bond motifs is 1. The zero-order chi connectivity index (χ0) is 20.6. The molecule has 0 saturated carbocycles. The maximum atomic E-state index is 13.3. The van der Waals surface area contributed by atoms with Crippen molar-refractivity contribution in [3.8, 4) is 11.4 Å². The van der Waals surface area contributed by atoms with Gasteiger partial charge in [0.15, 0.2) is 11.0 Å². The fraction of sp³-hybridized carbons (Fsp3) is 0.238. The topological polar surface area (TPSA) is 69.8 Å². The highest BCUT2D eigenvalue weighted by Gasteiger charge is 2.24. The molecule has 8 heteroatoms. The molecule has 2 aromatic carbocycles. The summed E-state index contributed by atoms with van der Waals surface area (Å²) >= 11 is 1.64. The maximum Gasteiger partial charge on any atom is 0.268 e. The van der Waals surface area contributed by atoms with Crippen LogP contribution in [0.25, 0.3) is 22.3 Å². The molecule has 0 N–H and O–H groups in total. The number of rotatable bonds is 6. The van der Waals surface area contributed by atoms with Crippen LogP contribution in [0.2, 0.25) is 0 Å². The Morgan fingerprint density at radius 2 is 1.69 bits per heavy atom. The third kappa shape index (κ3) is 3.47. The molecule has 0 saturated heterocycles. The first-order valence-corrected chi connectivity index (χ1v) is 11.8. The molecule has 2 heterocycles. The third-order valence-corrected chi connectivity index (χ3v) is 7.27. The van der Waals surface area contributed by atoms with E-state index in [0.717, 1.165) is 16.1 Å². The van der Waals surface area contributed by atoms with Gasteiger partial charge in [-0.1, -0.05) is 62.0 Å². The molecule has 0 radical (unpaired) electrons. The number of hydrogen-bond donors (Lipinski definition) is 0. The average molecular weight is 427 g/mol. The Balaban J connectivity index is 1.95. The van der Waals surface area contributed by atoms with Crippen molar-refractivity contribution in [1.29, 1.82) is 0 Å². The molecule has 4 aromatic rings. The van der Waals surface area contributed by atoms with E-state index in [4.69, 9.17) is 0 Å². The molecule has 29 heavy (non-hydrogen) atoms. The summed E-state index contributed by atoms with van der Waals surface area (Å²) in [5.74, 6) is 0.675. The van der Waals surface area contributed by atoms with Gasteiger partial charge in [0.25, 0.3) is 10.0 Å². The normalized spacial score (nSPS) is 12.1. The monoisotopic (exact) mass is 426 g/mol. The molecule has 0 amide bonds. The van der Waals surface area contributed by atoms with E-state index >= 15 is 0 Å². The Morgan fingerprint density at radius 3 is 2.38 bits per heavy atom. The van der Waals surface area contributed by atoms with Crippen molar-refractivity contribution in [3.63, 3.8) is 0 Å². The van der Waals surface area contributed by atoms with Crippen LogP contribution in [0.4, 0.5) is 0 Å². The van der Waals surface area contributed by atoms with Gasteiger partial charge in [0.1, 0.15) is 0 Å². The Kier molecular flexibility index (Phi) is 5.23. The predicted octanol–water partition coefficient (Wildman–Crippen LogP) is 4.66. The van der Waals surface area contributed by atoms with Gasteiger partial charge in [-0.2, -0.15) is 0 Å². The number of para-hydroxylation sites is 1. The van der Waals surface area contributed by atoms with E-state index in [-0.39, 0.29) is 4.90 Å². The quantitative estimate of drug-likeness (QED) is 0.420.